The summed E-state index contributed by atoms with van der Waals surface area (Å²) in [6, 6.07) is 19.6. The van der Waals surface area contributed by atoms with Crippen molar-refractivity contribution in [3.05, 3.63) is 78.3 Å². The van der Waals surface area contributed by atoms with Crippen LogP contribution in [0.4, 0.5) is 0 Å². The van der Waals surface area contributed by atoms with Gasteiger partial charge in [-0.05, 0) is 55.6 Å². The Morgan fingerprint density at radius 1 is 1.00 bits per heavy atom. The molecule has 0 unspecified atom stereocenters. The van der Waals surface area contributed by atoms with Crippen molar-refractivity contribution in [2.24, 2.45) is 0 Å². The minimum atomic E-state index is -3.89. The van der Waals surface area contributed by atoms with Gasteiger partial charge in [0.2, 0.25) is 0 Å². The van der Waals surface area contributed by atoms with Crippen molar-refractivity contribution in [2.75, 3.05) is 13.4 Å². The third-order valence-corrected chi connectivity index (χ3v) is 7.36. The lowest BCUT2D eigenvalue weighted by molar-refractivity contribution is 0.415. The van der Waals surface area contributed by atoms with E-state index in [0.717, 1.165) is 16.0 Å². The molecule has 1 heterocycles. The second-order valence-corrected chi connectivity index (χ2v) is 9.23. The number of para-hydroxylation sites is 1. The molecule has 4 rings (SSSR count). The van der Waals surface area contributed by atoms with Gasteiger partial charge in [0.1, 0.15) is 5.75 Å². The molecule has 0 spiro atoms. The zero-order valence-corrected chi connectivity index (χ0v) is 18.0. The minimum Gasteiger partial charge on any atom is -0.497 e. The molecule has 4 aromatic rings. The van der Waals surface area contributed by atoms with Gasteiger partial charge >= 0.3 is 0 Å². The van der Waals surface area contributed by atoms with Gasteiger partial charge in [0, 0.05) is 15.8 Å². The predicted molar refractivity (Wildman–Crippen MR) is 119 cm³/mol. The van der Waals surface area contributed by atoms with E-state index in [-0.39, 0.29) is 4.90 Å². The first-order valence-electron chi connectivity index (χ1n) is 9.53. The molecular formula is C23H21NO3S2. The van der Waals surface area contributed by atoms with E-state index in [2.05, 4.69) is 0 Å². The molecule has 148 valence electrons. The van der Waals surface area contributed by atoms with Gasteiger partial charge in [-0.3, -0.25) is 0 Å². The van der Waals surface area contributed by atoms with Gasteiger partial charge < -0.3 is 4.74 Å². The fraction of sp³-hybridized carbons (Fsp3) is 0.130. The highest BCUT2D eigenvalue weighted by Gasteiger charge is 2.27. The third kappa shape index (κ3) is 3.32. The quantitative estimate of drug-likeness (QED) is 0.392. The average Bonchev–Trinajstić information content (AvgIpc) is 3.10. The Labute approximate surface area is 176 Å². The molecule has 0 N–H and O–H groups in total. The SMILES string of the molecule is [2H]c1cccc2c1c(SC)c(-c1ccc(OC)cc1)n2S(=O)(=O)c1ccc(C)cc1. The van der Waals surface area contributed by atoms with Crippen LogP contribution in [-0.2, 0) is 10.0 Å². The molecule has 0 fully saturated rings. The number of aryl methyl sites for hydroxylation is 1. The van der Waals surface area contributed by atoms with E-state index < -0.39 is 10.0 Å². The van der Waals surface area contributed by atoms with E-state index >= 15 is 0 Å². The molecule has 4 nitrogen and oxygen atoms in total. The molecule has 0 amide bonds. The number of hydrogen-bond donors (Lipinski definition) is 0. The molecule has 0 saturated heterocycles. The van der Waals surface area contributed by atoms with Crippen LogP contribution in [0.3, 0.4) is 0 Å². The number of ether oxygens (including phenoxy) is 1. The first-order valence-corrected chi connectivity index (χ1v) is 11.7. The molecule has 0 aliphatic heterocycles. The highest BCUT2D eigenvalue weighted by molar-refractivity contribution is 7.99. The maximum Gasteiger partial charge on any atom is 0.268 e. The summed E-state index contributed by atoms with van der Waals surface area (Å²) >= 11 is 1.44. The fourth-order valence-corrected chi connectivity index (χ4v) is 5.74. The van der Waals surface area contributed by atoms with Crippen molar-refractivity contribution in [3.63, 3.8) is 0 Å². The van der Waals surface area contributed by atoms with Gasteiger partial charge in [0.05, 0.1) is 24.6 Å². The summed E-state index contributed by atoms with van der Waals surface area (Å²) in [5, 5.41) is 0.631. The summed E-state index contributed by atoms with van der Waals surface area (Å²) in [5.74, 6) is 0.690. The molecule has 6 heteroatoms. The fourth-order valence-electron chi connectivity index (χ4n) is 3.37. The van der Waals surface area contributed by atoms with E-state index in [1.807, 2.05) is 37.4 Å². The Bertz CT molecular complexity index is 1330. The molecule has 0 aliphatic carbocycles. The van der Waals surface area contributed by atoms with E-state index in [1.165, 1.54) is 15.7 Å². The van der Waals surface area contributed by atoms with Crippen LogP contribution in [0.5, 0.6) is 5.75 Å². The highest BCUT2D eigenvalue weighted by Crippen LogP contribution is 2.41. The largest absolute Gasteiger partial charge is 0.497 e. The lowest BCUT2D eigenvalue weighted by Crippen LogP contribution is -2.14. The lowest BCUT2D eigenvalue weighted by Gasteiger charge is -2.14. The average molecular weight is 425 g/mol. The molecule has 0 atom stereocenters. The molecular weight excluding hydrogens is 402 g/mol. The maximum absolute atomic E-state index is 13.8. The number of fused-ring (bicyclic) bond motifs is 1. The summed E-state index contributed by atoms with van der Waals surface area (Å²) in [7, 11) is -2.30. The molecule has 0 saturated carbocycles. The molecule has 1 aromatic heterocycles. The van der Waals surface area contributed by atoms with Gasteiger partial charge in [0.25, 0.3) is 10.0 Å². The first-order chi connectivity index (χ1) is 14.4. The molecule has 0 radical (unpaired) electrons. The van der Waals surface area contributed by atoms with Crippen LogP contribution >= 0.6 is 11.8 Å². The summed E-state index contributed by atoms with van der Waals surface area (Å²) in [4.78, 5) is 0.972. The van der Waals surface area contributed by atoms with E-state index in [1.54, 1.807) is 49.6 Å². The van der Waals surface area contributed by atoms with Gasteiger partial charge in [-0.25, -0.2) is 12.4 Å². The van der Waals surface area contributed by atoms with Crippen molar-refractivity contribution in [3.8, 4) is 17.0 Å². The van der Waals surface area contributed by atoms with Crippen molar-refractivity contribution < 1.29 is 14.5 Å². The van der Waals surface area contributed by atoms with Crippen LogP contribution in [0.1, 0.15) is 6.93 Å². The van der Waals surface area contributed by atoms with Gasteiger partial charge in [-0.15, -0.1) is 11.8 Å². The second kappa shape index (κ2) is 7.61. The normalized spacial score (nSPS) is 12.2. The summed E-state index contributed by atoms with van der Waals surface area (Å²) in [6.07, 6.45) is 1.90. The second-order valence-electron chi connectivity index (χ2n) is 6.62. The van der Waals surface area contributed by atoms with Crippen LogP contribution in [-0.4, -0.2) is 25.8 Å². The van der Waals surface area contributed by atoms with E-state index in [0.29, 0.717) is 28.4 Å². The number of hydrogen-bond acceptors (Lipinski definition) is 4. The standard InChI is InChI=1S/C23H21NO3S2/c1-16-8-14-19(15-9-16)29(25,26)24-21-7-5-4-6-20(21)23(28-3)22(24)17-10-12-18(27-2)13-11-17/h4-15H,1-3H3/i6D. The van der Waals surface area contributed by atoms with E-state index in [9.17, 15) is 8.42 Å². The number of thioether (sulfide) groups is 1. The van der Waals surface area contributed by atoms with Crippen LogP contribution in [0.25, 0.3) is 22.2 Å². The Kier molecular flexibility index (Phi) is 4.81. The van der Waals surface area contributed by atoms with Crippen molar-refractivity contribution in [1.29, 1.82) is 0 Å². The van der Waals surface area contributed by atoms with Crippen LogP contribution < -0.4 is 4.74 Å². The monoisotopic (exact) mass is 424 g/mol. The van der Waals surface area contributed by atoms with Crippen LogP contribution in [0.15, 0.2) is 82.6 Å². The smallest absolute Gasteiger partial charge is 0.268 e. The summed E-state index contributed by atoms with van der Waals surface area (Å²) in [6.45, 7) is 1.92. The third-order valence-electron chi connectivity index (χ3n) is 4.82. The Morgan fingerprint density at radius 2 is 1.69 bits per heavy atom. The number of benzene rings is 3. The Balaban J connectivity index is 2.12. The number of rotatable bonds is 5. The highest BCUT2D eigenvalue weighted by atomic mass is 32.2. The summed E-state index contributed by atoms with van der Waals surface area (Å²) < 4.78 is 42.6. The van der Waals surface area contributed by atoms with Crippen LogP contribution in [0, 0.1) is 6.92 Å². The van der Waals surface area contributed by atoms with E-state index in [4.69, 9.17) is 6.11 Å². The number of methoxy groups -OCH3 is 1. The summed E-state index contributed by atoms with van der Waals surface area (Å²) in [5.41, 5.74) is 2.78. The van der Waals surface area contributed by atoms with Gasteiger partial charge in [0.15, 0.2) is 0 Å². The molecule has 3 aromatic carbocycles. The van der Waals surface area contributed by atoms with Crippen molar-refractivity contribution >= 4 is 32.7 Å². The van der Waals surface area contributed by atoms with Gasteiger partial charge in [-0.1, -0.05) is 35.9 Å². The minimum absolute atomic E-state index is 0.211. The first kappa shape index (κ1) is 18.3. The van der Waals surface area contributed by atoms with Crippen LogP contribution in [0.2, 0.25) is 0 Å². The Hall–Kier alpha value is -2.70. The zero-order valence-electron chi connectivity index (χ0n) is 17.3. The number of nitrogens with zero attached hydrogens (tertiary/aromatic N) is 1. The van der Waals surface area contributed by atoms with Crippen molar-refractivity contribution in [2.45, 2.75) is 16.7 Å². The molecule has 29 heavy (non-hydrogen) atoms. The molecule has 0 aliphatic rings. The van der Waals surface area contributed by atoms with Crippen molar-refractivity contribution in [1.82, 2.24) is 3.97 Å². The maximum atomic E-state index is 13.8. The van der Waals surface area contributed by atoms with Gasteiger partial charge in [-0.2, -0.15) is 0 Å². The molecule has 0 bridgehead atoms. The number of aromatic nitrogens is 1. The zero-order chi connectivity index (χ0) is 21.5. The predicted octanol–water partition coefficient (Wildman–Crippen LogP) is 5.58. The Morgan fingerprint density at radius 3 is 2.31 bits per heavy atom. The topological polar surface area (TPSA) is 48.3 Å². The lowest BCUT2D eigenvalue weighted by atomic mass is 10.1.